The molecule has 0 amide bonds. The number of piperidine rings is 1. The van der Waals surface area contributed by atoms with Gasteiger partial charge in [-0.05, 0) is 55.2 Å². The summed E-state index contributed by atoms with van der Waals surface area (Å²) < 4.78 is 40.4. The molecule has 2 aromatic carbocycles. The summed E-state index contributed by atoms with van der Waals surface area (Å²) in [5.41, 5.74) is 1.26. The van der Waals surface area contributed by atoms with Gasteiger partial charge in [0, 0.05) is 29.7 Å². The maximum absolute atomic E-state index is 13.7. The summed E-state index contributed by atoms with van der Waals surface area (Å²) in [6.45, 7) is 3.72. The Hall–Kier alpha value is -2.18. The third-order valence-electron chi connectivity index (χ3n) is 5.26. The zero-order valence-corrected chi connectivity index (χ0v) is 17.0. The van der Waals surface area contributed by atoms with E-state index in [9.17, 15) is 12.8 Å². The number of hydrogen-bond donors (Lipinski definition) is 0. The molecule has 1 aliphatic heterocycles. The van der Waals surface area contributed by atoms with Crippen molar-refractivity contribution in [2.45, 2.75) is 29.6 Å². The van der Waals surface area contributed by atoms with Crippen LogP contribution in [0.1, 0.15) is 19.8 Å². The Kier molecular flexibility index (Phi) is 5.02. The van der Waals surface area contributed by atoms with Crippen LogP contribution in [0, 0.1) is 11.7 Å². The smallest absolute Gasteiger partial charge is 0.210 e. The lowest BCUT2D eigenvalue weighted by molar-refractivity contribution is 0.437. The molecule has 4 rings (SSSR count). The van der Waals surface area contributed by atoms with Gasteiger partial charge in [-0.2, -0.15) is 0 Å². The SMILES string of the molecule is CC1CCN(c2c(S(=O)(=O)c3cccc(F)c3)cnc3cc(Cl)ccc23)CC1. The average molecular weight is 419 g/mol. The minimum absolute atomic E-state index is 0.0748. The number of sulfone groups is 1. The molecule has 0 spiro atoms. The van der Waals surface area contributed by atoms with E-state index in [1.807, 2.05) is 6.07 Å². The molecule has 4 nitrogen and oxygen atoms in total. The first-order valence-electron chi connectivity index (χ1n) is 9.20. The largest absolute Gasteiger partial charge is 0.370 e. The molecule has 2 heterocycles. The predicted molar refractivity (Wildman–Crippen MR) is 109 cm³/mol. The van der Waals surface area contributed by atoms with Gasteiger partial charge in [0.15, 0.2) is 0 Å². The first kappa shape index (κ1) is 19.2. The second kappa shape index (κ2) is 7.33. The number of benzene rings is 2. The van der Waals surface area contributed by atoms with Crippen LogP contribution >= 0.6 is 11.6 Å². The Labute approximate surface area is 168 Å². The molecule has 0 radical (unpaired) electrons. The summed E-state index contributed by atoms with van der Waals surface area (Å²) in [6, 6.07) is 10.4. The van der Waals surface area contributed by atoms with Crippen LogP contribution < -0.4 is 4.90 Å². The van der Waals surface area contributed by atoms with Crippen molar-refractivity contribution < 1.29 is 12.8 Å². The Bertz CT molecular complexity index is 1140. The topological polar surface area (TPSA) is 50.3 Å². The van der Waals surface area contributed by atoms with Gasteiger partial charge in [0.2, 0.25) is 9.84 Å². The second-order valence-corrected chi connectivity index (χ2v) is 9.62. The standard InChI is InChI=1S/C21H20ClFN2O2S/c1-14-7-9-25(10-8-14)21-18-6-5-15(22)11-19(18)24-13-20(21)28(26,27)17-4-2-3-16(23)12-17/h2-6,11-14H,7-10H2,1H3. The highest BCUT2D eigenvalue weighted by Gasteiger charge is 2.28. The van der Waals surface area contributed by atoms with E-state index in [-0.39, 0.29) is 9.79 Å². The molecular formula is C21H20ClFN2O2S. The van der Waals surface area contributed by atoms with E-state index in [1.54, 1.807) is 12.1 Å². The number of hydrogen-bond acceptors (Lipinski definition) is 4. The summed E-state index contributed by atoms with van der Waals surface area (Å²) in [5, 5.41) is 1.27. The Morgan fingerprint density at radius 2 is 1.89 bits per heavy atom. The van der Waals surface area contributed by atoms with Crippen molar-refractivity contribution in [2.75, 3.05) is 18.0 Å². The van der Waals surface area contributed by atoms with E-state index in [0.29, 0.717) is 22.1 Å². The average Bonchev–Trinajstić information content (AvgIpc) is 2.67. The first-order valence-corrected chi connectivity index (χ1v) is 11.1. The lowest BCUT2D eigenvalue weighted by Gasteiger charge is -2.34. The van der Waals surface area contributed by atoms with Crippen LogP contribution in [0.25, 0.3) is 10.9 Å². The van der Waals surface area contributed by atoms with Gasteiger partial charge in [0.05, 0.1) is 16.1 Å². The van der Waals surface area contributed by atoms with Crippen LogP contribution in [0.5, 0.6) is 0 Å². The zero-order valence-electron chi connectivity index (χ0n) is 15.4. The lowest BCUT2D eigenvalue weighted by Crippen LogP contribution is -2.34. The molecule has 7 heteroatoms. The van der Waals surface area contributed by atoms with Gasteiger partial charge in [0.1, 0.15) is 10.7 Å². The molecule has 28 heavy (non-hydrogen) atoms. The highest BCUT2D eigenvalue weighted by Crippen LogP contribution is 2.38. The Balaban J connectivity index is 1.95. The highest BCUT2D eigenvalue weighted by molar-refractivity contribution is 7.91. The second-order valence-electron chi connectivity index (χ2n) is 7.26. The van der Waals surface area contributed by atoms with Crippen molar-refractivity contribution in [3.05, 3.63) is 59.5 Å². The fraction of sp³-hybridized carbons (Fsp3) is 0.286. The van der Waals surface area contributed by atoms with Gasteiger partial charge in [-0.15, -0.1) is 0 Å². The highest BCUT2D eigenvalue weighted by atomic mass is 35.5. The lowest BCUT2D eigenvalue weighted by atomic mass is 9.98. The number of rotatable bonds is 3. The van der Waals surface area contributed by atoms with Crippen LogP contribution in [-0.4, -0.2) is 26.5 Å². The Morgan fingerprint density at radius 3 is 2.61 bits per heavy atom. The van der Waals surface area contributed by atoms with Crippen molar-refractivity contribution in [2.24, 2.45) is 5.92 Å². The number of halogens is 2. The van der Waals surface area contributed by atoms with Gasteiger partial charge < -0.3 is 4.90 Å². The van der Waals surface area contributed by atoms with Crippen LogP contribution in [0.15, 0.2) is 58.5 Å². The molecule has 146 valence electrons. The molecule has 1 fully saturated rings. The molecule has 1 saturated heterocycles. The molecule has 0 unspecified atom stereocenters. The fourth-order valence-corrected chi connectivity index (χ4v) is 5.28. The summed E-state index contributed by atoms with van der Waals surface area (Å²) in [4.78, 5) is 6.47. The minimum Gasteiger partial charge on any atom is -0.370 e. The maximum atomic E-state index is 13.7. The molecule has 3 aromatic rings. The normalized spacial score (nSPS) is 15.9. The van der Waals surface area contributed by atoms with E-state index in [2.05, 4.69) is 16.8 Å². The summed E-state index contributed by atoms with van der Waals surface area (Å²) >= 11 is 6.11. The van der Waals surface area contributed by atoms with Crippen LogP contribution in [-0.2, 0) is 9.84 Å². The summed E-state index contributed by atoms with van der Waals surface area (Å²) in [7, 11) is -3.93. The molecule has 0 saturated carbocycles. The number of nitrogens with zero attached hydrogens (tertiary/aromatic N) is 2. The van der Waals surface area contributed by atoms with Gasteiger partial charge >= 0.3 is 0 Å². The van der Waals surface area contributed by atoms with Crippen LogP contribution in [0.2, 0.25) is 5.02 Å². The van der Waals surface area contributed by atoms with Gasteiger partial charge in [-0.3, -0.25) is 4.98 Å². The number of aromatic nitrogens is 1. The molecule has 1 aliphatic rings. The third-order valence-corrected chi connectivity index (χ3v) is 7.25. The molecule has 0 bridgehead atoms. The van der Waals surface area contributed by atoms with Gasteiger partial charge in [0.25, 0.3) is 0 Å². The predicted octanol–water partition coefficient (Wildman–Crippen LogP) is 5.10. The quantitative estimate of drug-likeness (QED) is 0.594. The summed E-state index contributed by atoms with van der Waals surface area (Å²) in [6.07, 6.45) is 3.33. The number of fused-ring (bicyclic) bond motifs is 1. The third kappa shape index (κ3) is 3.47. The van der Waals surface area contributed by atoms with Gasteiger partial charge in [-0.1, -0.05) is 24.6 Å². The minimum atomic E-state index is -3.93. The van der Waals surface area contributed by atoms with E-state index >= 15 is 0 Å². The van der Waals surface area contributed by atoms with Crippen molar-refractivity contribution >= 4 is 38.0 Å². The van der Waals surface area contributed by atoms with Crippen molar-refractivity contribution in [3.63, 3.8) is 0 Å². The van der Waals surface area contributed by atoms with Crippen LogP contribution in [0.4, 0.5) is 10.1 Å². The van der Waals surface area contributed by atoms with Gasteiger partial charge in [-0.25, -0.2) is 12.8 Å². The molecule has 0 atom stereocenters. The maximum Gasteiger partial charge on any atom is 0.210 e. The summed E-state index contributed by atoms with van der Waals surface area (Å²) in [5.74, 6) is 0.0111. The van der Waals surface area contributed by atoms with Crippen molar-refractivity contribution in [1.29, 1.82) is 0 Å². The van der Waals surface area contributed by atoms with E-state index in [1.165, 1.54) is 24.4 Å². The van der Waals surface area contributed by atoms with Crippen molar-refractivity contribution in [3.8, 4) is 0 Å². The number of pyridine rings is 1. The Morgan fingerprint density at radius 1 is 1.14 bits per heavy atom. The van der Waals surface area contributed by atoms with Crippen LogP contribution in [0.3, 0.4) is 0 Å². The fourth-order valence-electron chi connectivity index (χ4n) is 3.65. The molecule has 0 N–H and O–H groups in total. The zero-order chi connectivity index (χ0) is 19.9. The van der Waals surface area contributed by atoms with Crippen molar-refractivity contribution in [1.82, 2.24) is 4.98 Å². The monoisotopic (exact) mass is 418 g/mol. The van der Waals surface area contributed by atoms with E-state index in [4.69, 9.17) is 11.6 Å². The molecule has 1 aromatic heterocycles. The number of anilines is 1. The van der Waals surface area contributed by atoms with E-state index in [0.717, 1.165) is 37.4 Å². The molecular weight excluding hydrogens is 399 g/mol. The molecule has 0 aliphatic carbocycles. The first-order chi connectivity index (χ1) is 13.4. The van der Waals surface area contributed by atoms with E-state index < -0.39 is 15.7 Å².